The molecule has 1 fully saturated rings. The number of anilines is 2. The molecule has 146 valence electrons. The molecule has 1 amide bonds. The second-order valence-corrected chi connectivity index (χ2v) is 8.20. The quantitative estimate of drug-likeness (QED) is 0.652. The van der Waals surface area contributed by atoms with Crippen LogP contribution < -0.4 is 15.5 Å². The van der Waals surface area contributed by atoms with E-state index in [0.717, 1.165) is 37.1 Å². The minimum atomic E-state index is -0.202. The van der Waals surface area contributed by atoms with Crippen molar-refractivity contribution in [3.05, 3.63) is 47.9 Å². The van der Waals surface area contributed by atoms with Crippen molar-refractivity contribution in [2.45, 2.75) is 26.2 Å². The number of nitrogens with one attached hydrogen (secondary N) is 3. The van der Waals surface area contributed by atoms with E-state index in [9.17, 15) is 4.79 Å². The Morgan fingerprint density at radius 1 is 1.11 bits per heavy atom. The molecule has 3 heterocycles. The summed E-state index contributed by atoms with van der Waals surface area (Å²) >= 11 is 0. The number of aromatic amines is 1. The molecule has 3 N–H and O–H groups in total. The number of benzene rings is 1. The van der Waals surface area contributed by atoms with Gasteiger partial charge in [0.15, 0.2) is 0 Å². The van der Waals surface area contributed by atoms with Crippen LogP contribution in [0.25, 0.3) is 10.9 Å². The van der Waals surface area contributed by atoms with Gasteiger partial charge in [0.1, 0.15) is 5.69 Å². The zero-order valence-corrected chi connectivity index (χ0v) is 16.5. The number of H-pyrrole nitrogens is 1. The van der Waals surface area contributed by atoms with Gasteiger partial charge >= 0.3 is 0 Å². The Bertz CT molecular complexity index is 980. The molecule has 0 radical (unpaired) electrons. The first-order chi connectivity index (χ1) is 13.4. The van der Waals surface area contributed by atoms with Gasteiger partial charge in [-0.05, 0) is 29.2 Å². The molecule has 0 saturated carbocycles. The standard InChI is InChI=1S/C21H26N6O/c1-21(2,3)15-4-5-17-14(10-15)11-18(26-17)19(28)25-16-12-23-20(24-13-16)27-8-6-22-7-9-27/h4-5,10-13,22,26H,6-9H2,1-3H3,(H,25,28). The van der Waals surface area contributed by atoms with Crippen molar-refractivity contribution in [1.82, 2.24) is 20.3 Å². The van der Waals surface area contributed by atoms with Gasteiger partial charge in [-0.2, -0.15) is 0 Å². The minimum Gasteiger partial charge on any atom is -0.351 e. The van der Waals surface area contributed by atoms with Crippen LogP contribution in [0.5, 0.6) is 0 Å². The highest BCUT2D eigenvalue weighted by Gasteiger charge is 2.17. The van der Waals surface area contributed by atoms with Crippen LogP contribution in [0.2, 0.25) is 0 Å². The first-order valence-corrected chi connectivity index (χ1v) is 9.62. The Morgan fingerprint density at radius 3 is 2.50 bits per heavy atom. The van der Waals surface area contributed by atoms with Gasteiger partial charge < -0.3 is 20.5 Å². The molecule has 2 aromatic heterocycles. The Kier molecular flexibility index (Phi) is 4.77. The van der Waals surface area contributed by atoms with Crippen LogP contribution >= 0.6 is 0 Å². The Hall–Kier alpha value is -2.93. The van der Waals surface area contributed by atoms with E-state index in [-0.39, 0.29) is 11.3 Å². The van der Waals surface area contributed by atoms with Gasteiger partial charge in [-0.1, -0.05) is 26.8 Å². The molecular formula is C21H26N6O. The first-order valence-electron chi connectivity index (χ1n) is 9.62. The molecule has 7 heteroatoms. The normalized spacial score (nSPS) is 15.0. The average molecular weight is 378 g/mol. The molecule has 3 aromatic rings. The van der Waals surface area contributed by atoms with E-state index in [1.807, 2.05) is 12.1 Å². The number of fused-ring (bicyclic) bond motifs is 1. The number of nitrogens with zero attached hydrogens (tertiary/aromatic N) is 3. The van der Waals surface area contributed by atoms with Crippen LogP contribution in [0.15, 0.2) is 36.7 Å². The average Bonchev–Trinajstić information content (AvgIpc) is 3.12. The SMILES string of the molecule is CC(C)(C)c1ccc2[nH]c(C(=O)Nc3cnc(N4CCNCC4)nc3)cc2c1. The molecule has 1 aliphatic rings. The fourth-order valence-electron chi connectivity index (χ4n) is 3.33. The van der Waals surface area contributed by atoms with Crippen molar-refractivity contribution in [2.24, 2.45) is 0 Å². The number of carbonyl (C=O) groups is 1. The molecule has 0 bridgehead atoms. The zero-order valence-electron chi connectivity index (χ0n) is 16.5. The maximum absolute atomic E-state index is 12.6. The summed E-state index contributed by atoms with van der Waals surface area (Å²) in [5.74, 6) is 0.492. The molecule has 4 rings (SSSR count). The lowest BCUT2D eigenvalue weighted by atomic mass is 9.86. The summed E-state index contributed by atoms with van der Waals surface area (Å²) in [5, 5.41) is 7.20. The molecule has 0 aliphatic carbocycles. The van der Waals surface area contributed by atoms with Gasteiger partial charge in [-0.3, -0.25) is 4.79 Å². The maximum atomic E-state index is 12.6. The number of hydrogen-bond donors (Lipinski definition) is 3. The van der Waals surface area contributed by atoms with Crippen LogP contribution in [0, 0.1) is 0 Å². The highest BCUT2D eigenvalue weighted by Crippen LogP contribution is 2.26. The largest absolute Gasteiger partial charge is 0.351 e. The Balaban J connectivity index is 1.48. The van der Waals surface area contributed by atoms with E-state index in [4.69, 9.17) is 0 Å². The van der Waals surface area contributed by atoms with E-state index in [0.29, 0.717) is 17.3 Å². The van der Waals surface area contributed by atoms with Gasteiger partial charge in [0.25, 0.3) is 5.91 Å². The van der Waals surface area contributed by atoms with E-state index in [1.54, 1.807) is 12.4 Å². The number of rotatable bonds is 3. The second kappa shape index (κ2) is 7.24. The molecule has 1 aromatic carbocycles. The fraction of sp³-hybridized carbons (Fsp3) is 0.381. The summed E-state index contributed by atoms with van der Waals surface area (Å²) in [4.78, 5) is 26.7. The molecule has 1 aliphatic heterocycles. The summed E-state index contributed by atoms with van der Waals surface area (Å²) < 4.78 is 0. The van der Waals surface area contributed by atoms with Gasteiger partial charge in [-0.25, -0.2) is 9.97 Å². The predicted molar refractivity (Wildman–Crippen MR) is 112 cm³/mol. The number of hydrogen-bond acceptors (Lipinski definition) is 5. The van der Waals surface area contributed by atoms with Gasteiger partial charge in [0.05, 0.1) is 18.1 Å². The van der Waals surface area contributed by atoms with Crippen LogP contribution in [0.3, 0.4) is 0 Å². The monoisotopic (exact) mass is 378 g/mol. The van der Waals surface area contributed by atoms with Crippen LogP contribution in [-0.4, -0.2) is 47.0 Å². The van der Waals surface area contributed by atoms with E-state index < -0.39 is 0 Å². The summed E-state index contributed by atoms with van der Waals surface area (Å²) in [5.41, 5.74) is 3.36. The molecule has 0 unspecified atom stereocenters. The number of amides is 1. The van der Waals surface area contributed by atoms with Crippen molar-refractivity contribution in [3.63, 3.8) is 0 Å². The van der Waals surface area contributed by atoms with Crippen molar-refractivity contribution in [3.8, 4) is 0 Å². The van der Waals surface area contributed by atoms with Gasteiger partial charge in [0.2, 0.25) is 5.95 Å². The number of carbonyl (C=O) groups excluding carboxylic acids is 1. The lowest BCUT2D eigenvalue weighted by molar-refractivity contribution is 0.102. The fourth-order valence-corrected chi connectivity index (χ4v) is 3.33. The molecule has 1 saturated heterocycles. The third kappa shape index (κ3) is 3.84. The van der Waals surface area contributed by atoms with Crippen LogP contribution in [-0.2, 0) is 5.41 Å². The molecule has 0 atom stereocenters. The van der Waals surface area contributed by atoms with Gasteiger partial charge in [-0.15, -0.1) is 0 Å². The first kappa shape index (κ1) is 18.4. The zero-order chi connectivity index (χ0) is 19.7. The van der Waals surface area contributed by atoms with Crippen molar-refractivity contribution < 1.29 is 4.79 Å². The highest BCUT2D eigenvalue weighted by atomic mass is 16.1. The highest BCUT2D eigenvalue weighted by molar-refractivity contribution is 6.05. The van der Waals surface area contributed by atoms with Crippen molar-refractivity contribution in [1.29, 1.82) is 0 Å². The maximum Gasteiger partial charge on any atom is 0.272 e. The van der Waals surface area contributed by atoms with Crippen LogP contribution in [0.1, 0.15) is 36.8 Å². The lowest BCUT2D eigenvalue weighted by Gasteiger charge is -2.27. The van der Waals surface area contributed by atoms with Crippen molar-refractivity contribution >= 4 is 28.4 Å². The van der Waals surface area contributed by atoms with Crippen LogP contribution in [0.4, 0.5) is 11.6 Å². The van der Waals surface area contributed by atoms with E-state index in [1.165, 1.54) is 5.56 Å². The third-order valence-electron chi connectivity index (χ3n) is 5.03. The summed E-state index contributed by atoms with van der Waals surface area (Å²) in [7, 11) is 0. The number of piperazine rings is 1. The molecular weight excluding hydrogens is 352 g/mol. The lowest BCUT2D eigenvalue weighted by Crippen LogP contribution is -2.44. The van der Waals surface area contributed by atoms with Crippen molar-refractivity contribution in [2.75, 3.05) is 36.4 Å². The Labute approximate surface area is 164 Å². The minimum absolute atomic E-state index is 0.0669. The predicted octanol–water partition coefficient (Wildman–Crippen LogP) is 2.92. The second-order valence-electron chi connectivity index (χ2n) is 8.20. The van der Waals surface area contributed by atoms with E-state index in [2.05, 4.69) is 63.4 Å². The van der Waals surface area contributed by atoms with Gasteiger partial charge in [0, 0.05) is 37.1 Å². The summed E-state index contributed by atoms with van der Waals surface area (Å²) in [6, 6.07) is 8.14. The third-order valence-corrected chi connectivity index (χ3v) is 5.03. The topological polar surface area (TPSA) is 85.9 Å². The number of aromatic nitrogens is 3. The Morgan fingerprint density at radius 2 is 1.82 bits per heavy atom. The molecule has 28 heavy (non-hydrogen) atoms. The molecule has 7 nitrogen and oxygen atoms in total. The van der Waals surface area contributed by atoms with E-state index >= 15 is 0 Å². The summed E-state index contributed by atoms with van der Waals surface area (Å²) in [6.45, 7) is 10.2. The summed E-state index contributed by atoms with van der Waals surface area (Å²) in [6.07, 6.45) is 3.31. The smallest absolute Gasteiger partial charge is 0.272 e. The molecule has 0 spiro atoms.